The third-order valence-corrected chi connectivity index (χ3v) is 3.84. The standard InChI is InChI=1S/C14H29NO2/c1-14(2,8-5-9-16)11-15-12-6-4-7-13(10-12)17-3/h12-13,15-16H,4-11H2,1-3H3. The summed E-state index contributed by atoms with van der Waals surface area (Å²) >= 11 is 0. The summed E-state index contributed by atoms with van der Waals surface area (Å²) in [4.78, 5) is 0. The molecule has 0 spiro atoms. The molecule has 2 N–H and O–H groups in total. The lowest BCUT2D eigenvalue weighted by molar-refractivity contribution is 0.0568. The van der Waals surface area contributed by atoms with Gasteiger partial charge in [-0.15, -0.1) is 0 Å². The van der Waals surface area contributed by atoms with Crippen molar-refractivity contribution in [2.45, 2.75) is 64.5 Å². The zero-order valence-electron chi connectivity index (χ0n) is 11.7. The van der Waals surface area contributed by atoms with E-state index >= 15 is 0 Å². The van der Waals surface area contributed by atoms with Gasteiger partial charge in [-0.05, 0) is 43.9 Å². The van der Waals surface area contributed by atoms with Crippen molar-refractivity contribution in [3.05, 3.63) is 0 Å². The minimum Gasteiger partial charge on any atom is -0.396 e. The number of hydrogen-bond donors (Lipinski definition) is 2. The van der Waals surface area contributed by atoms with Crippen LogP contribution >= 0.6 is 0 Å². The van der Waals surface area contributed by atoms with Crippen LogP contribution in [0.1, 0.15) is 52.4 Å². The average Bonchev–Trinajstić information content (AvgIpc) is 2.34. The van der Waals surface area contributed by atoms with Gasteiger partial charge in [0.15, 0.2) is 0 Å². The minimum atomic E-state index is 0.281. The van der Waals surface area contributed by atoms with E-state index in [9.17, 15) is 0 Å². The van der Waals surface area contributed by atoms with Gasteiger partial charge in [0.25, 0.3) is 0 Å². The van der Waals surface area contributed by atoms with Crippen LogP contribution in [0, 0.1) is 5.41 Å². The highest BCUT2D eigenvalue weighted by atomic mass is 16.5. The van der Waals surface area contributed by atoms with Gasteiger partial charge >= 0.3 is 0 Å². The molecule has 0 bridgehead atoms. The smallest absolute Gasteiger partial charge is 0.0586 e. The second-order valence-electron chi connectivity index (χ2n) is 6.09. The molecule has 0 aliphatic heterocycles. The SMILES string of the molecule is COC1CCCC(NCC(C)(C)CCCO)C1. The van der Waals surface area contributed by atoms with Crippen LogP contribution in [0.4, 0.5) is 0 Å². The molecule has 3 heteroatoms. The Bertz CT molecular complexity index is 206. The van der Waals surface area contributed by atoms with Gasteiger partial charge in [0.2, 0.25) is 0 Å². The summed E-state index contributed by atoms with van der Waals surface area (Å²) in [6.45, 7) is 5.88. The summed E-state index contributed by atoms with van der Waals surface area (Å²) in [5.41, 5.74) is 0.281. The quantitative estimate of drug-likeness (QED) is 0.721. The number of aliphatic hydroxyl groups is 1. The first-order valence-electron chi connectivity index (χ1n) is 6.94. The Balaban J connectivity index is 2.24. The Morgan fingerprint density at radius 2 is 2.12 bits per heavy atom. The number of rotatable bonds is 7. The van der Waals surface area contributed by atoms with E-state index in [1.165, 1.54) is 19.3 Å². The van der Waals surface area contributed by atoms with Crippen LogP contribution in [-0.4, -0.2) is 37.5 Å². The van der Waals surface area contributed by atoms with Gasteiger partial charge in [0.05, 0.1) is 6.10 Å². The maximum Gasteiger partial charge on any atom is 0.0586 e. The second-order valence-corrected chi connectivity index (χ2v) is 6.09. The first kappa shape index (κ1) is 14.9. The molecule has 0 radical (unpaired) electrons. The van der Waals surface area contributed by atoms with Crippen LogP contribution < -0.4 is 5.32 Å². The molecule has 2 unspecified atom stereocenters. The predicted molar refractivity (Wildman–Crippen MR) is 71.2 cm³/mol. The first-order valence-corrected chi connectivity index (χ1v) is 6.94. The monoisotopic (exact) mass is 243 g/mol. The highest BCUT2D eigenvalue weighted by Gasteiger charge is 2.24. The topological polar surface area (TPSA) is 41.5 Å². The van der Waals surface area contributed by atoms with Crippen molar-refractivity contribution in [1.82, 2.24) is 5.32 Å². The molecule has 0 aromatic heterocycles. The van der Waals surface area contributed by atoms with E-state index in [4.69, 9.17) is 9.84 Å². The number of aliphatic hydroxyl groups excluding tert-OH is 1. The summed E-state index contributed by atoms with van der Waals surface area (Å²) in [7, 11) is 1.82. The van der Waals surface area contributed by atoms with Gasteiger partial charge < -0.3 is 15.2 Å². The molecule has 1 aliphatic rings. The van der Waals surface area contributed by atoms with E-state index in [1.807, 2.05) is 7.11 Å². The molecule has 0 heterocycles. The van der Waals surface area contributed by atoms with Crippen LogP contribution in [0.2, 0.25) is 0 Å². The van der Waals surface area contributed by atoms with Crippen molar-refractivity contribution in [3.8, 4) is 0 Å². The minimum absolute atomic E-state index is 0.281. The van der Waals surface area contributed by atoms with Crippen LogP contribution in [0.25, 0.3) is 0 Å². The van der Waals surface area contributed by atoms with Crippen LogP contribution in [-0.2, 0) is 4.74 Å². The van der Waals surface area contributed by atoms with Crippen molar-refractivity contribution in [1.29, 1.82) is 0 Å². The second kappa shape index (κ2) is 7.34. The van der Waals surface area contributed by atoms with Crippen molar-refractivity contribution in [3.63, 3.8) is 0 Å². The Kier molecular flexibility index (Phi) is 6.45. The van der Waals surface area contributed by atoms with Crippen LogP contribution in [0.5, 0.6) is 0 Å². The molecule has 0 aromatic rings. The third kappa shape index (κ3) is 5.84. The molecular formula is C14H29NO2. The summed E-state index contributed by atoms with van der Waals surface area (Å²) < 4.78 is 5.45. The van der Waals surface area contributed by atoms with E-state index in [0.29, 0.717) is 18.8 Å². The molecule has 17 heavy (non-hydrogen) atoms. The molecule has 0 aromatic carbocycles. The zero-order chi connectivity index (χ0) is 12.7. The lowest BCUT2D eigenvalue weighted by Crippen LogP contribution is -2.41. The summed E-state index contributed by atoms with van der Waals surface area (Å²) in [6.07, 6.45) is 7.33. The third-order valence-electron chi connectivity index (χ3n) is 3.84. The lowest BCUT2D eigenvalue weighted by atomic mass is 9.86. The van der Waals surface area contributed by atoms with E-state index in [2.05, 4.69) is 19.2 Å². The Morgan fingerprint density at radius 1 is 1.35 bits per heavy atom. The van der Waals surface area contributed by atoms with Crippen LogP contribution in [0.15, 0.2) is 0 Å². The number of hydrogen-bond acceptors (Lipinski definition) is 3. The predicted octanol–water partition coefficient (Wildman–Crippen LogP) is 2.33. The number of methoxy groups -OCH3 is 1. The fourth-order valence-corrected chi connectivity index (χ4v) is 2.61. The van der Waals surface area contributed by atoms with Crippen LogP contribution in [0.3, 0.4) is 0 Å². The fraction of sp³-hybridized carbons (Fsp3) is 1.00. The maximum atomic E-state index is 8.88. The number of nitrogens with one attached hydrogen (secondary N) is 1. The molecule has 1 rings (SSSR count). The molecule has 1 fully saturated rings. The molecule has 1 saturated carbocycles. The molecule has 0 amide bonds. The van der Waals surface area contributed by atoms with E-state index in [0.717, 1.165) is 25.8 Å². The largest absolute Gasteiger partial charge is 0.396 e. The Hall–Kier alpha value is -0.120. The van der Waals surface area contributed by atoms with E-state index < -0.39 is 0 Å². The van der Waals surface area contributed by atoms with Crippen molar-refractivity contribution in [2.24, 2.45) is 5.41 Å². The summed E-state index contributed by atoms with van der Waals surface area (Å²) in [5, 5.41) is 12.5. The van der Waals surface area contributed by atoms with Gasteiger partial charge in [-0.3, -0.25) is 0 Å². The van der Waals surface area contributed by atoms with Gasteiger partial charge in [0.1, 0.15) is 0 Å². The van der Waals surface area contributed by atoms with Gasteiger partial charge in [0, 0.05) is 26.3 Å². The molecular weight excluding hydrogens is 214 g/mol. The van der Waals surface area contributed by atoms with Gasteiger partial charge in [-0.25, -0.2) is 0 Å². The summed E-state index contributed by atoms with van der Waals surface area (Å²) in [6, 6.07) is 0.613. The Morgan fingerprint density at radius 3 is 2.76 bits per heavy atom. The Labute approximate surface area is 106 Å². The normalized spacial score (nSPS) is 26.1. The number of ether oxygens (including phenoxy) is 1. The highest BCUT2D eigenvalue weighted by molar-refractivity contribution is 4.81. The molecule has 1 aliphatic carbocycles. The fourth-order valence-electron chi connectivity index (χ4n) is 2.61. The lowest BCUT2D eigenvalue weighted by Gasteiger charge is -2.32. The van der Waals surface area contributed by atoms with Crippen molar-refractivity contribution in [2.75, 3.05) is 20.3 Å². The van der Waals surface area contributed by atoms with Crippen molar-refractivity contribution < 1.29 is 9.84 Å². The van der Waals surface area contributed by atoms with Gasteiger partial charge in [-0.1, -0.05) is 13.8 Å². The molecule has 3 nitrogen and oxygen atoms in total. The first-order chi connectivity index (χ1) is 8.07. The van der Waals surface area contributed by atoms with Crippen molar-refractivity contribution >= 4 is 0 Å². The highest BCUT2D eigenvalue weighted by Crippen LogP contribution is 2.24. The molecule has 102 valence electrons. The molecule has 0 saturated heterocycles. The van der Waals surface area contributed by atoms with Gasteiger partial charge in [-0.2, -0.15) is 0 Å². The molecule has 2 atom stereocenters. The van der Waals surface area contributed by atoms with E-state index in [-0.39, 0.29) is 5.41 Å². The van der Waals surface area contributed by atoms with E-state index in [1.54, 1.807) is 0 Å². The average molecular weight is 243 g/mol. The maximum absolute atomic E-state index is 8.88. The summed E-state index contributed by atoms with van der Waals surface area (Å²) in [5.74, 6) is 0. The zero-order valence-corrected chi connectivity index (χ0v) is 11.7.